The number of hydrogen-bond donors (Lipinski definition) is 2. The Morgan fingerprint density at radius 3 is 2.71 bits per heavy atom. The Balaban J connectivity index is 1.98. The molecule has 2 rings (SSSR count). The molecule has 0 aromatic heterocycles. The van der Waals surface area contributed by atoms with Gasteiger partial charge in [-0.2, -0.15) is 0 Å². The second-order valence-electron chi connectivity index (χ2n) is 6.41. The molecule has 4 nitrogen and oxygen atoms in total. The van der Waals surface area contributed by atoms with Gasteiger partial charge in [0.05, 0.1) is 5.69 Å². The van der Waals surface area contributed by atoms with Gasteiger partial charge < -0.3 is 9.84 Å². The number of benzene rings is 1. The van der Waals surface area contributed by atoms with Gasteiger partial charge in [-0.15, -0.1) is 0 Å². The summed E-state index contributed by atoms with van der Waals surface area (Å²) in [7, 11) is 0. The molecule has 0 radical (unpaired) electrons. The number of nitrogens with one attached hydrogen (secondary N) is 1. The number of phenolic OH excluding ortho intramolecular Hbond substituents is 1. The Hall–Kier alpha value is -1.71. The lowest BCUT2D eigenvalue weighted by atomic mass is 9.75. The Kier molecular flexibility index (Phi) is 5.10. The number of ether oxygens (including phenoxy) is 1. The number of amides is 1. The van der Waals surface area contributed by atoms with Crippen molar-refractivity contribution >= 4 is 11.8 Å². The van der Waals surface area contributed by atoms with Crippen LogP contribution < -0.4 is 5.32 Å². The molecule has 0 bridgehead atoms. The molecule has 1 saturated carbocycles. The first kappa shape index (κ1) is 15.7. The summed E-state index contributed by atoms with van der Waals surface area (Å²) in [5.41, 5.74) is 0.382. The predicted octanol–water partition coefficient (Wildman–Crippen LogP) is 4.40. The summed E-state index contributed by atoms with van der Waals surface area (Å²) < 4.78 is 5.63. The van der Waals surface area contributed by atoms with E-state index in [2.05, 4.69) is 26.1 Å². The van der Waals surface area contributed by atoms with Gasteiger partial charge in [-0.3, -0.25) is 5.32 Å². The van der Waals surface area contributed by atoms with E-state index >= 15 is 0 Å². The van der Waals surface area contributed by atoms with E-state index in [0.29, 0.717) is 23.4 Å². The molecule has 3 atom stereocenters. The highest BCUT2D eigenvalue weighted by Crippen LogP contribution is 2.35. The molecule has 2 N–H and O–H groups in total. The highest BCUT2D eigenvalue weighted by molar-refractivity contribution is 5.86. The van der Waals surface area contributed by atoms with Crippen LogP contribution in [0.2, 0.25) is 0 Å². The van der Waals surface area contributed by atoms with E-state index in [9.17, 15) is 9.90 Å². The van der Waals surface area contributed by atoms with Gasteiger partial charge in [0.25, 0.3) is 0 Å². The average Bonchev–Trinajstić information content (AvgIpc) is 2.41. The minimum atomic E-state index is -0.485. The lowest BCUT2D eigenvalue weighted by molar-refractivity contribution is 0.0126. The molecule has 116 valence electrons. The molecule has 0 unspecified atom stereocenters. The minimum absolute atomic E-state index is 0.0420. The third-order valence-electron chi connectivity index (χ3n) is 4.36. The molecule has 1 aromatic rings. The molecule has 4 heteroatoms. The lowest BCUT2D eigenvalue weighted by Gasteiger charge is -2.36. The van der Waals surface area contributed by atoms with Crippen LogP contribution in [0.1, 0.15) is 40.0 Å². The highest BCUT2D eigenvalue weighted by Gasteiger charge is 2.33. The van der Waals surface area contributed by atoms with Crippen molar-refractivity contribution in [3.8, 4) is 5.75 Å². The Bertz CT molecular complexity index is 487. The third-order valence-corrected chi connectivity index (χ3v) is 4.36. The molecule has 1 aliphatic rings. The maximum Gasteiger partial charge on any atom is 0.412 e. The van der Waals surface area contributed by atoms with Crippen molar-refractivity contribution in [3.63, 3.8) is 0 Å². The zero-order valence-electron chi connectivity index (χ0n) is 13.0. The lowest BCUT2D eigenvalue weighted by Crippen LogP contribution is -2.36. The van der Waals surface area contributed by atoms with Crippen LogP contribution in [0.5, 0.6) is 5.75 Å². The Labute approximate surface area is 126 Å². The topological polar surface area (TPSA) is 58.6 Å². The van der Waals surface area contributed by atoms with Crippen molar-refractivity contribution in [2.45, 2.75) is 46.1 Å². The van der Waals surface area contributed by atoms with Crippen LogP contribution in [-0.4, -0.2) is 17.3 Å². The van der Waals surface area contributed by atoms with Gasteiger partial charge in [-0.1, -0.05) is 39.3 Å². The fourth-order valence-electron chi connectivity index (χ4n) is 3.11. The van der Waals surface area contributed by atoms with E-state index in [1.807, 2.05) is 0 Å². The summed E-state index contributed by atoms with van der Waals surface area (Å²) in [5.74, 6) is 1.55. The zero-order valence-corrected chi connectivity index (χ0v) is 13.0. The van der Waals surface area contributed by atoms with Crippen LogP contribution in [0.25, 0.3) is 0 Å². The van der Waals surface area contributed by atoms with Crippen molar-refractivity contribution in [2.75, 3.05) is 5.32 Å². The molecule has 1 aromatic carbocycles. The SMILES string of the molecule is CC(C)[C@@H]1CC[C@@H](C)C[C@H]1OC(=O)Nc1ccccc1O. The van der Waals surface area contributed by atoms with Crippen LogP contribution in [0, 0.1) is 17.8 Å². The number of carbonyl (C=O) groups excluding carboxylic acids is 1. The first-order chi connectivity index (χ1) is 9.97. The number of carbonyl (C=O) groups is 1. The van der Waals surface area contributed by atoms with Gasteiger partial charge in [-0.05, 0) is 42.7 Å². The average molecular weight is 291 g/mol. The molecule has 0 heterocycles. The first-order valence-corrected chi connectivity index (χ1v) is 7.73. The van der Waals surface area contributed by atoms with Crippen LogP contribution in [0.15, 0.2) is 24.3 Å². The smallest absolute Gasteiger partial charge is 0.412 e. The number of anilines is 1. The summed E-state index contributed by atoms with van der Waals surface area (Å²) in [4.78, 5) is 12.1. The standard InChI is InChI=1S/C17H25NO3/c1-11(2)13-9-8-12(3)10-16(13)21-17(20)18-14-6-4-5-7-15(14)19/h4-7,11-13,16,19H,8-10H2,1-3H3,(H,18,20)/t12-,13+,16-/m1/s1. The molecular formula is C17H25NO3. The van der Waals surface area contributed by atoms with E-state index in [0.717, 1.165) is 12.8 Å². The highest BCUT2D eigenvalue weighted by atomic mass is 16.6. The zero-order chi connectivity index (χ0) is 15.4. The monoisotopic (exact) mass is 291 g/mol. The minimum Gasteiger partial charge on any atom is -0.506 e. The molecule has 1 fully saturated rings. The van der Waals surface area contributed by atoms with Crippen molar-refractivity contribution < 1.29 is 14.6 Å². The van der Waals surface area contributed by atoms with Crippen molar-refractivity contribution in [2.24, 2.45) is 17.8 Å². The second kappa shape index (κ2) is 6.83. The van der Waals surface area contributed by atoms with Gasteiger partial charge in [-0.25, -0.2) is 4.79 Å². The van der Waals surface area contributed by atoms with Gasteiger partial charge in [0.2, 0.25) is 0 Å². The van der Waals surface area contributed by atoms with E-state index in [1.165, 1.54) is 12.5 Å². The number of rotatable bonds is 3. The summed E-state index contributed by atoms with van der Waals surface area (Å²) in [6.07, 6.45) is 2.69. The Morgan fingerprint density at radius 2 is 2.05 bits per heavy atom. The fraction of sp³-hybridized carbons (Fsp3) is 0.588. The predicted molar refractivity (Wildman–Crippen MR) is 83.3 cm³/mol. The maximum atomic E-state index is 12.1. The van der Waals surface area contributed by atoms with Crippen molar-refractivity contribution in [3.05, 3.63) is 24.3 Å². The van der Waals surface area contributed by atoms with E-state index in [1.54, 1.807) is 18.2 Å². The van der Waals surface area contributed by atoms with Crippen molar-refractivity contribution in [1.29, 1.82) is 0 Å². The fourth-order valence-corrected chi connectivity index (χ4v) is 3.11. The number of aromatic hydroxyl groups is 1. The number of para-hydroxylation sites is 2. The van der Waals surface area contributed by atoms with E-state index < -0.39 is 6.09 Å². The summed E-state index contributed by atoms with van der Waals surface area (Å²) >= 11 is 0. The molecule has 0 aliphatic heterocycles. The Morgan fingerprint density at radius 1 is 1.33 bits per heavy atom. The largest absolute Gasteiger partial charge is 0.506 e. The van der Waals surface area contributed by atoms with Gasteiger partial charge in [0, 0.05) is 0 Å². The number of hydrogen-bond acceptors (Lipinski definition) is 3. The van der Waals surface area contributed by atoms with Crippen LogP contribution in [-0.2, 0) is 4.74 Å². The molecule has 0 spiro atoms. The van der Waals surface area contributed by atoms with Crippen LogP contribution in [0.3, 0.4) is 0 Å². The summed E-state index contributed by atoms with van der Waals surface area (Å²) in [5, 5.41) is 12.3. The summed E-state index contributed by atoms with van der Waals surface area (Å²) in [6.45, 7) is 6.56. The third kappa shape index (κ3) is 4.13. The van der Waals surface area contributed by atoms with Crippen LogP contribution >= 0.6 is 0 Å². The van der Waals surface area contributed by atoms with Gasteiger partial charge in [0.15, 0.2) is 0 Å². The second-order valence-corrected chi connectivity index (χ2v) is 6.41. The summed E-state index contributed by atoms with van der Waals surface area (Å²) in [6, 6.07) is 6.66. The van der Waals surface area contributed by atoms with E-state index in [-0.39, 0.29) is 11.9 Å². The molecule has 1 amide bonds. The molecule has 1 aliphatic carbocycles. The molecular weight excluding hydrogens is 266 g/mol. The van der Waals surface area contributed by atoms with Crippen LogP contribution in [0.4, 0.5) is 10.5 Å². The quantitative estimate of drug-likeness (QED) is 0.811. The van der Waals surface area contributed by atoms with Gasteiger partial charge in [0.1, 0.15) is 11.9 Å². The first-order valence-electron chi connectivity index (χ1n) is 7.73. The molecule has 21 heavy (non-hydrogen) atoms. The van der Waals surface area contributed by atoms with E-state index in [4.69, 9.17) is 4.74 Å². The normalized spacial score (nSPS) is 25.6. The van der Waals surface area contributed by atoms with Crippen molar-refractivity contribution in [1.82, 2.24) is 0 Å². The maximum absolute atomic E-state index is 12.1. The van der Waals surface area contributed by atoms with Gasteiger partial charge >= 0.3 is 6.09 Å². The number of phenols is 1. The molecule has 0 saturated heterocycles.